The van der Waals surface area contributed by atoms with Crippen molar-refractivity contribution in [2.45, 2.75) is 64.0 Å². The molecule has 2 aromatic rings. The van der Waals surface area contributed by atoms with Crippen LogP contribution in [0.3, 0.4) is 0 Å². The third-order valence-corrected chi connectivity index (χ3v) is 6.50. The first-order valence-corrected chi connectivity index (χ1v) is 10.7. The highest BCUT2D eigenvalue weighted by Crippen LogP contribution is 2.41. The number of carbonyl (C=O) groups excluding carboxylic acids is 1. The van der Waals surface area contributed by atoms with E-state index in [4.69, 9.17) is 16.6 Å². The molecular formula is C21H28ClFN4O. The molecule has 2 heterocycles. The normalized spacial score (nSPS) is 20.2. The summed E-state index contributed by atoms with van der Waals surface area (Å²) in [7, 11) is 0. The molecule has 152 valence electrons. The van der Waals surface area contributed by atoms with Gasteiger partial charge >= 0.3 is 0 Å². The highest BCUT2D eigenvalue weighted by molar-refractivity contribution is 6.31. The van der Waals surface area contributed by atoms with Crippen molar-refractivity contribution in [1.29, 1.82) is 0 Å². The first-order chi connectivity index (χ1) is 13.4. The number of rotatable bonds is 4. The van der Waals surface area contributed by atoms with Crippen molar-refractivity contribution in [3.8, 4) is 0 Å². The van der Waals surface area contributed by atoms with Crippen LogP contribution in [0.1, 0.15) is 64.2 Å². The summed E-state index contributed by atoms with van der Waals surface area (Å²) in [4.78, 5) is 18.0. The molecule has 1 amide bonds. The van der Waals surface area contributed by atoms with E-state index >= 15 is 0 Å². The van der Waals surface area contributed by atoms with E-state index in [1.54, 1.807) is 6.07 Å². The van der Waals surface area contributed by atoms with Crippen LogP contribution in [0.5, 0.6) is 0 Å². The summed E-state index contributed by atoms with van der Waals surface area (Å²) in [6, 6.07) is 3.14. The van der Waals surface area contributed by atoms with Crippen molar-refractivity contribution in [3.05, 3.63) is 28.8 Å². The lowest BCUT2D eigenvalue weighted by Gasteiger charge is -2.34. The Labute approximate surface area is 170 Å². The molecule has 2 N–H and O–H groups in total. The Bertz CT molecular complexity index is 882. The van der Waals surface area contributed by atoms with Gasteiger partial charge in [0.15, 0.2) is 0 Å². The van der Waals surface area contributed by atoms with Crippen LogP contribution >= 0.6 is 11.6 Å². The molecule has 0 radical (unpaired) electrons. The van der Waals surface area contributed by atoms with Crippen molar-refractivity contribution in [3.63, 3.8) is 0 Å². The molecule has 1 aliphatic carbocycles. The number of halogens is 2. The Balaban J connectivity index is 1.78. The van der Waals surface area contributed by atoms with E-state index in [9.17, 15) is 9.18 Å². The minimum absolute atomic E-state index is 0.0440. The molecule has 0 atom stereocenters. The summed E-state index contributed by atoms with van der Waals surface area (Å²) in [6.07, 6.45) is 5.53. The lowest BCUT2D eigenvalue weighted by Crippen LogP contribution is -2.49. The number of benzene rings is 1. The molecule has 1 aromatic carbocycles. The molecule has 4 rings (SSSR count). The van der Waals surface area contributed by atoms with E-state index in [-0.39, 0.29) is 22.9 Å². The smallest absolute Gasteiger partial charge is 0.224 e. The zero-order chi connectivity index (χ0) is 19.9. The van der Waals surface area contributed by atoms with Crippen LogP contribution in [0.25, 0.3) is 11.0 Å². The second-order valence-corrected chi connectivity index (χ2v) is 8.86. The molecule has 1 saturated carbocycles. The molecule has 1 saturated heterocycles. The number of carbonyl (C=O) groups is 1. The summed E-state index contributed by atoms with van der Waals surface area (Å²) < 4.78 is 16.3. The number of nitrogens with one attached hydrogen (secondary N) is 2. The van der Waals surface area contributed by atoms with Crippen LogP contribution in [0.4, 0.5) is 4.39 Å². The number of fused-ring (bicyclic) bond motifs is 1. The van der Waals surface area contributed by atoms with Crippen molar-refractivity contribution in [2.75, 3.05) is 13.1 Å². The maximum Gasteiger partial charge on any atom is 0.224 e. The molecular weight excluding hydrogens is 379 g/mol. The molecule has 28 heavy (non-hydrogen) atoms. The Morgan fingerprint density at radius 2 is 2.00 bits per heavy atom. The molecule has 0 spiro atoms. The van der Waals surface area contributed by atoms with Crippen molar-refractivity contribution in [2.24, 2.45) is 5.92 Å². The fourth-order valence-corrected chi connectivity index (χ4v) is 4.91. The lowest BCUT2D eigenvalue weighted by atomic mass is 9.91. The van der Waals surface area contributed by atoms with Gasteiger partial charge < -0.3 is 15.2 Å². The van der Waals surface area contributed by atoms with Crippen molar-refractivity contribution >= 4 is 28.5 Å². The van der Waals surface area contributed by atoms with Gasteiger partial charge in [0.25, 0.3) is 0 Å². The standard InChI is InChI=1S/C21H28ClFN4O/c1-13(2)27-18-12-16(23)15(22)11-17(18)25-20(27)21(7-3-4-8-21)26-19(28)14-5-9-24-10-6-14/h11-14,24H,3-10H2,1-2H3,(H,26,28). The van der Waals surface area contributed by atoms with Gasteiger partial charge in [0.2, 0.25) is 5.91 Å². The summed E-state index contributed by atoms with van der Waals surface area (Å²) in [5.74, 6) is 0.554. The number of hydrogen-bond acceptors (Lipinski definition) is 3. The summed E-state index contributed by atoms with van der Waals surface area (Å²) in [6.45, 7) is 5.89. The van der Waals surface area contributed by atoms with Gasteiger partial charge in [-0.1, -0.05) is 24.4 Å². The highest BCUT2D eigenvalue weighted by atomic mass is 35.5. The predicted octanol–water partition coefficient (Wildman–Crippen LogP) is 4.29. The van der Waals surface area contributed by atoms with E-state index in [0.717, 1.165) is 63.0 Å². The summed E-state index contributed by atoms with van der Waals surface area (Å²) >= 11 is 6.01. The molecule has 2 aliphatic rings. The fourth-order valence-electron chi connectivity index (χ4n) is 4.76. The zero-order valence-electron chi connectivity index (χ0n) is 16.5. The van der Waals surface area contributed by atoms with E-state index in [1.165, 1.54) is 6.07 Å². The number of amides is 1. The monoisotopic (exact) mass is 406 g/mol. The van der Waals surface area contributed by atoms with Crippen LogP contribution in [-0.4, -0.2) is 28.5 Å². The third-order valence-electron chi connectivity index (χ3n) is 6.21. The van der Waals surface area contributed by atoms with Gasteiger partial charge in [0.1, 0.15) is 11.6 Å². The molecule has 0 unspecified atom stereocenters. The number of imidazole rings is 1. The minimum Gasteiger partial charge on any atom is -0.343 e. The van der Waals surface area contributed by atoms with Crippen LogP contribution in [0.15, 0.2) is 12.1 Å². The van der Waals surface area contributed by atoms with Gasteiger partial charge in [-0.3, -0.25) is 4.79 Å². The molecule has 1 aliphatic heterocycles. The Kier molecular flexibility index (Phi) is 5.36. The van der Waals surface area contributed by atoms with Crippen LogP contribution in [0, 0.1) is 11.7 Å². The van der Waals surface area contributed by atoms with Crippen LogP contribution in [0.2, 0.25) is 5.02 Å². The number of nitrogens with zero attached hydrogens (tertiary/aromatic N) is 2. The van der Waals surface area contributed by atoms with Gasteiger partial charge in [-0.05, 0) is 58.7 Å². The quantitative estimate of drug-likeness (QED) is 0.796. The zero-order valence-corrected chi connectivity index (χ0v) is 17.3. The first-order valence-electron chi connectivity index (χ1n) is 10.3. The van der Waals surface area contributed by atoms with Gasteiger partial charge in [-0.25, -0.2) is 9.37 Å². The largest absolute Gasteiger partial charge is 0.343 e. The molecule has 2 fully saturated rings. The van der Waals surface area contributed by atoms with Gasteiger partial charge in [-0.2, -0.15) is 0 Å². The van der Waals surface area contributed by atoms with E-state index < -0.39 is 11.4 Å². The summed E-state index contributed by atoms with van der Waals surface area (Å²) in [5.41, 5.74) is 0.917. The van der Waals surface area contributed by atoms with E-state index in [2.05, 4.69) is 29.0 Å². The number of piperidine rings is 1. The highest BCUT2D eigenvalue weighted by Gasteiger charge is 2.43. The average molecular weight is 407 g/mol. The van der Waals surface area contributed by atoms with Gasteiger partial charge in [0.05, 0.1) is 21.6 Å². The van der Waals surface area contributed by atoms with Crippen LogP contribution < -0.4 is 10.6 Å². The number of aromatic nitrogens is 2. The Hall–Kier alpha value is -1.66. The van der Waals surface area contributed by atoms with E-state index in [1.807, 2.05) is 0 Å². The predicted molar refractivity (Wildman–Crippen MR) is 109 cm³/mol. The van der Waals surface area contributed by atoms with E-state index in [0.29, 0.717) is 5.52 Å². The third kappa shape index (κ3) is 3.41. The maximum atomic E-state index is 14.2. The minimum atomic E-state index is -0.492. The molecule has 1 aromatic heterocycles. The average Bonchev–Trinajstić information content (AvgIpc) is 3.28. The Morgan fingerprint density at radius 3 is 2.64 bits per heavy atom. The molecule has 5 nitrogen and oxygen atoms in total. The second kappa shape index (κ2) is 7.64. The summed E-state index contributed by atoms with van der Waals surface area (Å²) in [5, 5.41) is 6.77. The van der Waals surface area contributed by atoms with Crippen molar-refractivity contribution in [1.82, 2.24) is 20.2 Å². The van der Waals surface area contributed by atoms with Crippen molar-refractivity contribution < 1.29 is 9.18 Å². The Morgan fingerprint density at radius 1 is 1.32 bits per heavy atom. The van der Waals surface area contributed by atoms with Gasteiger partial charge in [-0.15, -0.1) is 0 Å². The van der Waals surface area contributed by atoms with Gasteiger partial charge in [0, 0.05) is 18.0 Å². The first kappa shape index (κ1) is 19.6. The lowest BCUT2D eigenvalue weighted by molar-refractivity contribution is -0.128. The topological polar surface area (TPSA) is 59.0 Å². The maximum absolute atomic E-state index is 14.2. The molecule has 0 bridgehead atoms. The fraction of sp³-hybridized carbons (Fsp3) is 0.619. The second-order valence-electron chi connectivity index (χ2n) is 8.46. The number of hydrogen-bond donors (Lipinski definition) is 2. The van der Waals surface area contributed by atoms with Crippen LogP contribution in [-0.2, 0) is 10.3 Å². The molecule has 7 heteroatoms. The SMILES string of the molecule is CC(C)n1c(C2(NC(=O)C3CCNCC3)CCCC2)nc2cc(Cl)c(F)cc21.